The Labute approximate surface area is 199 Å². The normalized spacial score (nSPS) is 13.5. The van der Waals surface area contributed by atoms with E-state index in [-0.39, 0.29) is 5.69 Å². The van der Waals surface area contributed by atoms with Crippen LogP contribution in [0.25, 0.3) is 0 Å². The number of phosphoric ester groups is 1. The third-order valence-electron chi connectivity index (χ3n) is 4.33. The van der Waals surface area contributed by atoms with Gasteiger partial charge in [-0.15, -0.1) is 0 Å². The van der Waals surface area contributed by atoms with Gasteiger partial charge >= 0.3 is 14.0 Å². The zero-order valence-electron chi connectivity index (χ0n) is 20.2. The number of carbonyl (C=O) groups excluding carboxylic acids is 1. The van der Waals surface area contributed by atoms with Crippen molar-refractivity contribution >= 4 is 19.4 Å². The maximum atomic E-state index is 13.7. The van der Waals surface area contributed by atoms with Crippen molar-refractivity contribution in [3.05, 3.63) is 87.6 Å². The van der Waals surface area contributed by atoms with Crippen LogP contribution < -0.4 is 15.6 Å². The molecule has 35 heavy (non-hydrogen) atoms. The quantitative estimate of drug-likeness (QED) is 0.311. The predicted molar refractivity (Wildman–Crippen MR) is 114 cm³/mol. The van der Waals surface area contributed by atoms with Gasteiger partial charge in [0.05, 0.1) is 11.1 Å². The van der Waals surface area contributed by atoms with Crippen LogP contribution in [-0.4, -0.2) is 20.3 Å². The third-order valence-corrected chi connectivity index (χ3v) is 4.79. The van der Waals surface area contributed by atoms with Crippen LogP contribution >= 0.6 is 7.82 Å². The molecule has 1 heterocycles. The lowest BCUT2D eigenvalue weighted by Crippen LogP contribution is -2.21. The number of amides is 1. The molecule has 14 heteroatoms. The number of aryl methyl sites for hydroxylation is 1. The minimum atomic E-state index is -4.87. The Morgan fingerprint density at radius 3 is 2.51 bits per heavy atom. The number of anilines is 1. The van der Waals surface area contributed by atoms with Crippen molar-refractivity contribution in [2.75, 3.05) is 5.32 Å². The van der Waals surface area contributed by atoms with E-state index in [0.717, 1.165) is 41.1 Å². The van der Waals surface area contributed by atoms with E-state index >= 15 is 0 Å². The highest BCUT2D eigenvalue weighted by atomic mass is 31.2. The number of ether oxygens (including phenoxy) is 1. The first-order valence-corrected chi connectivity index (χ1v) is 10.9. The zero-order chi connectivity index (χ0) is 28.5. The lowest BCUT2D eigenvalue weighted by molar-refractivity contribution is -0.137. The van der Waals surface area contributed by atoms with Crippen LogP contribution in [0.4, 0.5) is 23.2 Å². The summed E-state index contributed by atoms with van der Waals surface area (Å²) in [6, 6.07) is 6.12. The molecule has 3 N–H and O–H groups in total. The number of alkyl halides is 3. The second-order valence-electron chi connectivity index (χ2n) is 6.88. The van der Waals surface area contributed by atoms with Crippen LogP contribution in [0.2, 0.25) is 0 Å². The number of benzene rings is 2. The number of halogens is 4. The number of carbonyl (C=O) groups is 1. The summed E-state index contributed by atoms with van der Waals surface area (Å²) in [5.41, 5.74) is -3.37. The fraction of sp³-hybridized carbons (Fsp3) is 0.143. The Hall–Kier alpha value is -3.51. The van der Waals surface area contributed by atoms with Crippen LogP contribution in [0, 0.1) is 12.7 Å². The smallest absolute Gasteiger partial charge is 0.456 e. The van der Waals surface area contributed by atoms with E-state index in [0.29, 0.717) is 18.2 Å². The fourth-order valence-corrected chi connectivity index (χ4v) is 2.98. The molecule has 1 amide bonds. The Morgan fingerprint density at radius 2 is 1.89 bits per heavy atom. The second kappa shape index (κ2) is 10.0. The van der Waals surface area contributed by atoms with Crippen LogP contribution in [0.3, 0.4) is 0 Å². The molecule has 0 atom stereocenters. The van der Waals surface area contributed by atoms with Gasteiger partial charge in [0.25, 0.3) is 11.5 Å². The summed E-state index contributed by atoms with van der Waals surface area (Å²) in [5.74, 6) is -3.23. The van der Waals surface area contributed by atoms with Crippen molar-refractivity contribution in [3.8, 4) is 11.5 Å². The van der Waals surface area contributed by atoms with Gasteiger partial charge in [0, 0.05) is 22.1 Å². The Morgan fingerprint density at radius 1 is 1.14 bits per heavy atom. The van der Waals surface area contributed by atoms with Gasteiger partial charge < -0.3 is 19.8 Å². The number of nitrogens with zero attached hydrogens (tertiary/aromatic N) is 1. The summed E-state index contributed by atoms with van der Waals surface area (Å²) in [7, 11) is -4.87. The van der Waals surface area contributed by atoms with Gasteiger partial charge in [-0.3, -0.25) is 18.7 Å². The van der Waals surface area contributed by atoms with E-state index in [9.17, 15) is 31.7 Å². The Balaban J connectivity index is 1.97. The highest BCUT2D eigenvalue weighted by Crippen LogP contribution is 2.37. The molecule has 186 valence electrons. The molecule has 2 aromatic carbocycles. The largest absolute Gasteiger partial charge is 0.471 e. The number of pyridine rings is 1. The molecule has 0 aliphatic rings. The molecule has 0 bridgehead atoms. The number of aromatic nitrogens is 1. The zero-order valence-corrected chi connectivity index (χ0v) is 18.1. The molecule has 9 nitrogen and oxygen atoms in total. The first kappa shape index (κ1) is 22.0. The number of rotatable bonds is 7. The fourth-order valence-electron chi connectivity index (χ4n) is 2.71. The summed E-state index contributed by atoms with van der Waals surface area (Å²) in [4.78, 5) is 42.5. The molecular formula is C21H17F4N2O7P. The summed E-state index contributed by atoms with van der Waals surface area (Å²) >= 11 is 0. The molecule has 3 rings (SSSR count). The monoisotopic (exact) mass is 519 g/mol. The van der Waals surface area contributed by atoms with Crippen molar-refractivity contribution < 1.29 is 50.1 Å². The average molecular weight is 519 g/mol. The maximum absolute atomic E-state index is 13.7. The predicted octanol–water partition coefficient (Wildman–Crippen LogP) is 4.43. The van der Waals surface area contributed by atoms with Gasteiger partial charge in [0.2, 0.25) is 0 Å². The number of phosphoric acid groups is 1. The van der Waals surface area contributed by atoms with E-state index in [1.165, 1.54) is 0 Å². The van der Waals surface area contributed by atoms with Gasteiger partial charge in [-0.2, -0.15) is 13.2 Å². The van der Waals surface area contributed by atoms with E-state index in [4.69, 9.17) is 18.6 Å². The summed E-state index contributed by atoms with van der Waals surface area (Å²) in [6.45, 7) is -3.72. The Bertz CT molecular complexity index is 1470. The van der Waals surface area contributed by atoms with Gasteiger partial charge in [0.1, 0.15) is 24.0 Å². The lowest BCUT2D eigenvalue weighted by atomic mass is 10.1. The van der Waals surface area contributed by atoms with Crippen LogP contribution in [-0.2, 0) is 22.0 Å². The van der Waals surface area contributed by atoms with Gasteiger partial charge in [-0.05, 0) is 54.9 Å². The molecule has 0 fully saturated rings. The van der Waals surface area contributed by atoms with Gasteiger partial charge in [-0.25, -0.2) is 8.96 Å². The first-order chi connectivity index (χ1) is 17.4. The van der Waals surface area contributed by atoms with Crippen molar-refractivity contribution in [3.63, 3.8) is 0 Å². The molecule has 3 aromatic rings. The van der Waals surface area contributed by atoms with Crippen molar-refractivity contribution in [2.24, 2.45) is 0 Å². The molecule has 0 saturated heterocycles. The molecule has 0 radical (unpaired) electrons. The van der Waals surface area contributed by atoms with E-state index in [1.54, 1.807) is 0 Å². The van der Waals surface area contributed by atoms with E-state index in [2.05, 4.69) is 9.84 Å². The molecule has 0 saturated carbocycles. The first-order valence-electron chi connectivity index (χ1n) is 10.8. The number of hydrogen-bond donors (Lipinski definition) is 3. The maximum Gasteiger partial charge on any atom is 0.471 e. The van der Waals surface area contributed by atoms with Crippen LogP contribution in [0.15, 0.2) is 59.5 Å². The molecular weight excluding hydrogens is 499 g/mol. The standard InChI is InChI=1S/C21H17F4N2O7P/c1-12-8-14(22)3-5-17(12)34-18-9-13(21(23,24)25)2-4-16(18)20(29)26-15-6-7-27(19(28)10-15)11-33-35(30,31)32/h2-10H,11H2,1H3,(H,26,29)(H2,30,31,32)/i1D3. The highest BCUT2D eigenvalue weighted by molar-refractivity contribution is 7.46. The van der Waals surface area contributed by atoms with Crippen molar-refractivity contribution in [2.45, 2.75) is 19.8 Å². The molecule has 0 aliphatic carbocycles. The summed E-state index contributed by atoms with van der Waals surface area (Å²) < 4.78 is 97.5. The Kier molecular flexibility index (Phi) is 6.28. The summed E-state index contributed by atoms with van der Waals surface area (Å²) in [5, 5.41) is 2.26. The molecule has 1 aromatic heterocycles. The highest BCUT2D eigenvalue weighted by Gasteiger charge is 2.32. The lowest BCUT2D eigenvalue weighted by Gasteiger charge is -2.16. The second-order valence-corrected chi connectivity index (χ2v) is 8.12. The van der Waals surface area contributed by atoms with Gasteiger partial charge in [0.15, 0.2) is 0 Å². The molecule has 0 spiro atoms. The molecule has 0 aliphatic heterocycles. The topological polar surface area (TPSA) is 127 Å². The number of hydrogen-bond acceptors (Lipinski definition) is 5. The molecule has 0 unspecified atom stereocenters. The van der Waals surface area contributed by atoms with Crippen LogP contribution in [0.5, 0.6) is 11.5 Å². The average Bonchev–Trinajstić information content (AvgIpc) is 2.77. The SMILES string of the molecule is [2H]C([2H])([2H])c1cc(F)ccc1Oc1cc(C(F)(F)F)ccc1C(=O)Nc1ccn(COP(=O)(O)O)c(=O)c1. The summed E-state index contributed by atoms with van der Waals surface area (Å²) in [6.07, 6.45) is -3.83. The minimum Gasteiger partial charge on any atom is -0.456 e. The van der Waals surface area contributed by atoms with E-state index in [1.807, 2.05) is 0 Å². The van der Waals surface area contributed by atoms with Gasteiger partial charge in [-0.1, -0.05) is 0 Å². The number of nitrogens with one attached hydrogen (secondary N) is 1. The third kappa shape index (κ3) is 6.99. The van der Waals surface area contributed by atoms with Crippen LogP contribution in [0.1, 0.15) is 25.6 Å². The minimum absolute atomic E-state index is 0.150. The van der Waals surface area contributed by atoms with Crippen molar-refractivity contribution in [1.29, 1.82) is 0 Å². The van der Waals surface area contributed by atoms with E-state index < -0.39 is 73.1 Å². The van der Waals surface area contributed by atoms with Crippen molar-refractivity contribution in [1.82, 2.24) is 4.57 Å².